The number of amides is 1. The molecule has 0 saturated heterocycles. The van der Waals surface area contributed by atoms with Crippen molar-refractivity contribution in [2.24, 2.45) is 0 Å². The van der Waals surface area contributed by atoms with Gasteiger partial charge in [-0.15, -0.1) is 11.6 Å². The summed E-state index contributed by atoms with van der Waals surface area (Å²) in [7, 11) is 1.56. The lowest BCUT2D eigenvalue weighted by atomic mass is 10.2. The second-order valence-electron chi connectivity index (χ2n) is 3.25. The first-order valence-corrected chi connectivity index (χ1v) is 5.61. The average Bonchev–Trinajstić information content (AvgIpc) is 2.26. The van der Waals surface area contributed by atoms with Crippen molar-refractivity contribution in [1.82, 2.24) is 5.32 Å². The number of carbonyl (C=O) groups is 1. The first-order chi connectivity index (χ1) is 7.56. The van der Waals surface area contributed by atoms with Gasteiger partial charge < -0.3 is 10.1 Å². The zero-order valence-electron chi connectivity index (χ0n) is 9.09. The summed E-state index contributed by atoms with van der Waals surface area (Å²) in [5.74, 6) is 0.415. The maximum atomic E-state index is 11.3. The Kier molecular flexibility index (Phi) is 4.90. The standard InChI is InChI=1S/C11H13Cl2NO2/c1-7(12)11(15)14-6-8-9(13)4-3-5-10(8)16-2/h3-5,7H,6H2,1-2H3,(H,14,15). The van der Waals surface area contributed by atoms with Gasteiger partial charge in [-0.1, -0.05) is 17.7 Å². The summed E-state index contributed by atoms with van der Waals surface area (Å²) in [6, 6.07) is 5.32. The highest BCUT2D eigenvalue weighted by Gasteiger charge is 2.12. The third-order valence-electron chi connectivity index (χ3n) is 2.10. The molecule has 1 aromatic rings. The molecule has 0 saturated carbocycles. The number of carbonyl (C=O) groups excluding carboxylic acids is 1. The molecule has 1 unspecified atom stereocenters. The number of methoxy groups -OCH3 is 1. The van der Waals surface area contributed by atoms with Crippen LogP contribution >= 0.6 is 23.2 Å². The molecular weight excluding hydrogens is 249 g/mol. The molecular formula is C11H13Cl2NO2. The van der Waals surface area contributed by atoms with Crippen molar-refractivity contribution < 1.29 is 9.53 Å². The number of ether oxygens (including phenoxy) is 1. The Morgan fingerprint density at radius 3 is 2.81 bits per heavy atom. The Morgan fingerprint density at radius 2 is 2.25 bits per heavy atom. The lowest BCUT2D eigenvalue weighted by molar-refractivity contribution is -0.120. The van der Waals surface area contributed by atoms with E-state index in [0.29, 0.717) is 17.3 Å². The molecule has 1 N–H and O–H groups in total. The second kappa shape index (κ2) is 5.97. The van der Waals surface area contributed by atoms with Crippen LogP contribution in [0, 0.1) is 0 Å². The van der Waals surface area contributed by atoms with E-state index in [1.807, 2.05) is 0 Å². The minimum Gasteiger partial charge on any atom is -0.496 e. The highest BCUT2D eigenvalue weighted by molar-refractivity contribution is 6.31. The number of hydrogen-bond donors (Lipinski definition) is 1. The number of rotatable bonds is 4. The van der Waals surface area contributed by atoms with Crippen LogP contribution in [0.4, 0.5) is 0 Å². The van der Waals surface area contributed by atoms with Gasteiger partial charge >= 0.3 is 0 Å². The third kappa shape index (κ3) is 3.29. The minimum absolute atomic E-state index is 0.233. The zero-order valence-corrected chi connectivity index (χ0v) is 10.6. The van der Waals surface area contributed by atoms with Crippen molar-refractivity contribution in [2.75, 3.05) is 7.11 Å². The zero-order chi connectivity index (χ0) is 12.1. The molecule has 0 aliphatic rings. The van der Waals surface area contributed by atoms with Crippen molar-refractivity contribution in [3.63, 3.8) is 0 Å². The molecule has 0 heterocycles. The molecule has 1 rings (SSSR count). The maximum Gasteiger partial charge on any atom is 0.238 e. The molecule has 0 aliphatic heterocycles. The molecule has 0 aromatic heterocycles. The normalized spacial score (nSPS) is 12.0. The van der Waals surface area contributed by atoms with Gasteiger partial charge in [-0.3, -0.25) is 4.79 Å². The minimum atomic E-state index is -0.562. The summed E-state index contributed by atoms with van der Waals surface area (Å²) in [5, 5.41) is 2.67. The highest BCUT2D eigenvalue weighted by Crippen LogP contribution is 2.25. The van der Waals surface area contributed by atoms with Crippen LogP contribution in [0.25, 0.3) is 0 Å². The number of alkyl halides is 1. The van der Waals surface area contributed by atoms with E-state index in [-0.39, 0.29) is 5.91 Å². The fraction of sp³-hybridized carbons (Fsp3) is 0.364. The van der Waals surface area contributed by atoms with E-state index in [9.17, 15) is 4.79 Å². The molecule has 3 nitrogen and oxygen atoms in total. The Labute approximate surface area is 105 Å². The van der Waals surface area contributed by atoms with Crippen LogP contribution in [0.5, 0.6) is 5.75 Å². The summed E-state index contributed by atoms with van der Waals surface area (Å²) in [4.78, 5) is 11.3. The molecule has 1 atom stereocenters. The van der Waals surface area contributed by atoms with E-state index in [1.165, 1.54) is 0 Å². The molecule has 0 radical (unpaired) electrons. The highest BCUT2D eigenvalue weighted by atomic mass is 35.5. The maximum absolute atomic E-state index is 11.3. The molecule has 88 valence electrons. The van der Waals surface area contributed by atoms with E-state index in [1.54, 1.807) is 32.2 Å². The van der Waals surface area contributed by atoms with E-state index < -0.39 is 5.38 Å². The van der Waals surface area contributed by atoms with Crippen LogP contribution < -0.4 is 10.1 Å². The molecule has 0 fully saturated rings. The van der Waals surface area contributed by atoms with Gasteiger partial charge in [0, 0.05) is 17.1 Å². The van der Waals surface area contributed by atoms with E-state index in [2.05, 4.69) is 5.32 Å². The monoisotopic (exact) mass is 261 g/mol. The fourth-order valence-electron chi connectivity index (χ4n) is 1.22. The van der Waals surface area contributed by atoms with Crippen LogP contribution in [-0.2, 0) is 11.3 Å². The van der Waals surface area contributed by atoms with Gasteiger partial charge in [0.1, 0.15) is 11.1 Å². The Morgan fingerprint density at radius 1 is 1.56 bits per heavy atom. The molecule has 0 spiro atoms. The number of benzene rings is 1. The van der Waals surface area contributed by atoms with Crippen molar-refractivity contribution in [3.05, 3.63) is 28.8 Å². The van der Waals surface area contributed by atoms with Gasteiger partial charge in [0.05, 0.1) is 7.11 Å². The summed E-state index contributed by atoms with van der Waals surface area (Å²) < 4.78 is 5.15. The predicted molar refractivity (Wildman–Crippen MR) is 65.2 cm³/mol. The Balaban J connectivity index is 2.76. The number of hydrogen-bond acceptors (Lipinski definition) is 2. The van der Waals surface area contributed by atoms with E-state index in [0.717, 1.165) is 5.56 Å². The molecule has 1 amide bonds. The molecule has 5 heteroatoms. The first-order valence-electron chi connectivity index (χ1n) is 4.79. The van der Waals surface area contributed by atoms with Gasteiger partial charge in [0.2, 0.25) is 5.91 Å². The number of nitrogens with one attached hydrogen (secondary N) is 1. The van der Waals surface area contributed by atoms with Crippen LogP contribution in [-0.4, -0.2) is 18.4 Å². The summed E-state index contributed by atoms with van der Waals surface area (Å²) in [6.07, 6.45) is 0. The Hall–Kier alpha value is -0.930. The molecule has 0 aliphatic carbocycles. The summed E-state index contributed by atoms with van der Waals surface area (Å²) >= 11 is 11.6. The van der Waals surface area contributed by atoms with Crippen LogP contribution in [0.2, 0.25) is 5.02 Å². The smallest absolute Gasteiger partial charge is 0.238 e. The molecule has 0 bridgehead atoms. The second-order valence-corrected chi connectivity index (χ2v) is 4.32. The third-order valence-corrected chi connectivity index (χ3v) is 2.65. The van der Waals surface area contributed by atoms with Gasteiger partial charge in [-0.25, -0.2) is 0 Å². The van der Waals surface area contributed by atoms with Crippen molar-refractivity contribution in [3.8, 4) is 5.75 Å². The fourth-order valence-corrected chi connectivity index (χ4v) is 1.53. The number of halogens is 2. The van der Waals surface area contributed by atoms with Gasteiger partial charge in [-0.2, -0.15) is 0 Å². The average molecular weight is 262 g/mol. The topological polar surface area (TPSA) is 38.3 Å². The van der Waals surface area contributed by atoms with Crippen LogP contribution in [0.3, 0.4) is 0 Å². The Bertz CT molecular complexity index is 380. The SMILES string of the molecule is COc1cccc(Cl)c1CNC(=O)C(C)Cl. The van der Waals surface area contributed by atoms with Gasteiger partial charge in [0.15, 0.2) is 0 Å². The van der Waals surface area contributed by atoms with Gasteiger partial charge in [-0.05, 0) is 19.1 Å². The quantitative estimate of drug-likeness (QED) is 0.847. The van der Waals surface area contributed by atoms with E-state index >= 15 is 0 Å². The summed E-state index contributed by atoms with van der Waals surface area (Å²) in [5.41, 5.74) is 0.748. The van der Waals surface area contributed by atoms with Gasteiger partial charge in [0.25, 0.3) is 0 Å². The summed E-state index contributed by atoms with van der Waals surface area (Å²) in [6.45, 7) is 1.92. The molecule has 16 heavy (non-hydrogen) atoms. The van der Waals surface area contributed by atoms with Crippen LogP contribution in [0.15, 0.2) is 18.2 Å². The lowest BCUT2D eigenvalue weighted by Gasteiger charge is -2.11. The largest absolute Gasteiger partial charge is 0.496 e. The van der Waals surface area contributed by atoms with Crippen LogP contribution in [0.1, 0.15) is 12.5 Å². The van der Waals surface area contributed by atoms with Crippen molar-refractivity contribution in [1.29, 1.82) is 0 Å². The van der Waals surface area contributed by atoms with Crippen molar-refractivity contribution >= 4 is 29.1 Å². The molecule has 1 aromatic carbocycles. The predicted octanol–water partition coefficient (Wildman–Crippen LogP) is 2.59. The van der Waals surface area contributed by atoms with E-state index in [4.69, 9.17) is 27.9 Å². The lowest BCUT2D eigenvalue weighted by Crippen LogP contribution is -2.29. The van der Waals surface area contributed by atoms with Crippen molar-refractivity contribution in [2.45, 2.75) is 18.8 Å². The first kappa shape index (κ1) is 13.1.